The Morgan fingerprint density at radius 2 is 2.16 bits per heavy atom. The lowest BCUT2D eigenvalue weighted by atomic mass is 10.1. The van der Waals surface area contributed by atoms with E-state index < -0.39 is 5.97 Å². The number of nitrogens with one attached hydrogen (secondary N) is 2. The molecule has 0 bridgehead atoms. The van der Waals surface area contributed by atoms with Gasteiger partial charge < -0.3 is 20.5 Å². The summed E-state index contributed by atoms with van der Waals surface area (Å²) >= 11 is 0. The molecule has 3 N–H and O–H groups in total. The number of hydrogen-bond acceptors (Lipinski definition) is 3. The van der Waals surface area contributed by atoms with Crippen LogP contribution in [0.15, 0.2) is 12.7 Å². The molecule has 0 aromatic carbocycles. The van der Waals surface area contributed by atoms with Crippen molar-refractivity contribution in [3.8, 4) is 0 Å². The third-order valence-electron chi connectivity index (χ3n) is 3.12. The van der Waals surface area contributed by atoms with Gasteiger partial charge in [0, 0.05) is 12.6 Å². The maximum Gasteiger partial charge on any atom is 0.315 e. The molecule has 1 fully saturated rings. The van der Waals surface area contributed by atoms with Gasteiger partial charge in [-0.05, 0) is 25.7 Å². The van der Waals surface area contributed by atoms with E-state index in [0.29, 0.717) is 32.6 Å². The lowest BCUT2D eigenvalue weighted by Crippen LogP contribution is -2.42. The Bertz CT molecular complexity index is 320. The summed E-state index contributed by atoms with van der Waals surface area (Å²) in [5.41, 5.74) is 0. The molecule has 0 unspecified atom stereocenters. The van der Waals surface area contributed by atoms with Crippen LogP contribution in [0.2, 0.25) is 0 Å². The zero-order valence-corrected chi connectivity index (χ0v) is 11.1. The number of amides is 2. The normalized spacial score (nSPS) is 21.9. The van der Waals surface area contributed by atoms with Crippen LogP contribution in [0.5, 0.6) is 0 Å². The second kappa shape index (κ2) is 8.53. The van der Waals surface area contributed by atoms with Crippen LogP contribution in [0.1, 0.15) is 25.7 Å². The Labute approximate surface area is 113 Å². The third kappa shape index (κ3) is 6.24. The van der Waals surface area contributed by atoms with Gasteiger partial charge in [0.25, 0.3) is 0 Å². The summed E-state index contributed by atoms with van der Waals surface area (Å²) in [5.74, 6) is -1.10. The fraction of sp³-hybridized carbons (Fsp3) is 0.692. The van der Waals surface area contributed by atoms with Crippen molar-refractivity contribution in [1.29, 1.82) is 0 Å². The van der Waals surface area contributed by atoms with Gasteiger partial charge in [0.15, 0.2) is 0 Å². The summed E-state index contributed by atoms with van der Waals surface area (Å²) in [6.45, 7) is 5.09. The van der Waals surface area contributed by atoms with E-state index in [9.17, 15) is 9.59 Å². The lowest BCUT2D eigenvalue weighted by molar-refractivity contribution is -0.141. The van der Waals surface area contributed by atoms with Gasteiger partial charge in [-0.2, -0.15) is 0 Å². The van der Waals surface area contributed by atoms with Crippen LogP contribution in [-0.4, -0.2) is 42.9 Å². The van der Waals surface area contributed by atoms with Crippen LogP contribution in [0.3, 0.4) is 0 Å². The molecule has 0 saturated heterocycles. The fourth-order valence-electron chi connectivity index (χ4n) is 2.08. The molecule has 0 aromatic rings. The van der Waals surface area contributed by atoms with Gasteiger partial charge in [0.05, 0.1) is 19.1 Å². The van der Waals surface area contributed by atoms with Crippen molar-refractivity contribution in [3.05, 3.63) is 12.7 Å². The standard InChI is InChI=1S/C13H22N2O4/c1-2-3-7-19-8-6-14-13(18)15-11-5-4-10(9-11)12(16)17/h2,10-11H,1,3-9H2,(H,16,17)(H2,14,15,18)/t10-,11+/m1/s1. The summed E-state index contributed by atoms with van der Waals surface area (Å²) in [6.07, 6.45) is 4.44. The van der Waals surface area contributed by atoms with Crippen molar-refractivity contribution in [2.75, 3.05) is 19.8 Å². The van der Waals surface area contributed by atoms with Gasteiger partial charge >= 0.3 is 12.0 Å². The first-order chi connectivity index (χ1) is 9.13. The molecule has 2 atom stereocenters. The molecule has 1 aliphatic carbocycles. The number of urea groups is 1. The minimum atomic E-state index is -0.777. The van der Waals surface area contributed by atoms with Crippen LogP contribution in [0, 0.1) is 5.92 Å². The van der Waals surface area contributed by atoms with E-state index in [4.69, 9.17) is 9.84 Å². The highest BCUT2D eigenvalue weighted by Gasteiger charge is 2.30. The van der Waals surface area contributed by atoms with Crippen molar-refractivity contribution in [2.45, 2.75) is 31.7 Å². The smallest absolute Gasteiger partial charge is 0.315 e. The molecule has 0 aromatic heterocycles. The molecular weight excluding hydrogens is 248 g/mol. The van der Waals surface area contributed by atoms with E-state index in [1.807, 2.05) is 0 Å². The zero-order valence-electron chi connectivity index (χ0n) is 11.1. The highest BCUT2D eigenvalue weighted by Crippen LogP contribution is 2.25. The first-order valence-corrected chi connectivity index (χ1v) is 6.59. The molecule has 6 nitrogen and oxygen atoms in total. The van der Waals surface area contributed by atoms with E-state index in [1.54, 1.807) is 6.08 Å². The molecular formula is C13H22N2O4. The first kappa shape index (κ1) is 15.5. The number of carbonyl (C=O) groups excluding carboxylic acids is 1. The molecule has 108 valence electrons. The number of hydrogen-bond donors (Lipinski definition) is 3. The van der Waals surface area contributed by atoms with E-state index in [1.165, 1.54) is 0 Å². The van der Waals surface area contributed by atoms with Gasteiger partial charge in [-0.15, -0.1) is 6.58 Å². The molecule has 6 heteroatoms. The highest BCUT2D eigenvalue weighted by atomic mass is 16.5. The topological polar surface area (TPSA) is 87.7 Å². The average molecular weight is 270 g/mol. The van der Waals surface area contributed by atoms with Crippen LogP contribution in [-0.2, 0) is 9.53 Å². The van der Waals surface area contributed by atoms with Gasteiger partial charge in [0.2, 0.25) is 0 Å². The van der Waals surface area contributed by atoms with Crippen LogP contribution in [0.4, 0.5) is 4.79 Å². The Morgan fingerprint density at radius 1 is 1.37 bits per heavy atom. The fourth-order valence-corrected chi connectivity index (χ4v) is 2.08. The molecule has 0 heterocycles. The van der Waals surface area contributed by atoms with Crippen LogP contribution < -0.4 is 10.6 Å². The monoisotopic (exact) mass is 270 g/mol. The number of aliphatic carboxylic acids is 1. The molecule has 2 amide bonds. The summed E-state index contributed by atoms with van der Waals surface area (Å²) in [4.78, 5) is 22.3. The number of carboxylic acids is 1. The molecule has 0 spiro atoms. The number of ether oxygens (including phenoxy) is 1. The van der Waals surface area contributed by atoms with Crippen LogP contribution >= 0.6 is 0 Å². The summed E-state index contributed by atoms with van der Waals surface area (Å²) in [7, 11) is 0. The summed E-state index contributed by atoms with van der Waals surface area (Å²) in [5, 5.41) is 14.3. The van der Waals surface area contributed by atoms with E-state index in [-0.39, 0.29) is 18.0 Å². The average Bonchev–Trinajstić information content (AvgIpc) is 2.82. The quantitative estimate of drug-likeness (QED) is 0.456. The van der Waals surface area contributed by atoms with E-state index in [0.717, 1.165) is 12.8 Å². The maximum absolute atomic E-state index is 11.5. The first-order valence-electron chi connectivity index (χ1n) is 6.59. The van der Waals surface area contributed by atoms with Crippen molar-refractivity contribution in [1.82, 2.24) is 10.6 Å². The Hall–Kier alpha value is -1.56. The number of rotatable bonds is 8. The molecule has 0 radical (unpaired) electrons. The van der Waals surface area contributed by atoms with Crippen molar-refractivity contribution >= 4 is 12.0 Å². The minimum Gasteiger partial charge on any atom is -0.481 e. The highest BCUT2D eigenvalue weighted by molar-refractivity contribution is 5.75. The molecule has 1 saturated carbocycles. The van der Waals surface area contributed by atoms with Crippen molar-refractivity contribution < 1.29 is 19.4 Å². The summed E-state index contributed by atoms with van der Waals surface area (Å²) < 4.78 is 5.25. The SMILES string of the molecule is C=CCCOCCNC(=O)N[C@H]1CC[C@@H](C(=O)O)C1. The zero-order chi connectivity index (χ0) is 14.1. The summed E-state index contributed by atoms with van der Waals surface area (Å²) in [6, 6.07) is -0.300. The number of carboxylic acid groups (broad SMARTS) is 1. The van der Waals surface area contributed by atoms with E-state index in [2.05, 4.69) is 17.2 Å². The maximum atomic E-state index is 11.5. The van der Waals surface area contributed by atoms with Gasteiger partial charge in [0.1, 0.15) is 0 Å². The molecule has 1 rings (SSSR count). The second-order valence-corrected chi connectivity index (χ2v) is 4.64. The van der Waals surface area contributed by atoms with Crippen LogP contribution in [0.25, 0.3) is 0 Å². The van der Waals surface area contributed by atoms with Gasteiger partial charge in [-0.1, -0.05) is 6.08 Å². The van der Waals surface area contributed by atoms with E-state index >= 15 is 0 Å². The minimum absolute atomic E-state index is 0.0391. The second-order valence-electron chi connectivity index (χ2n) is 4.64. The largest absolute Gasteiger partial charge is 0.481 e. The van der Waals surface area contributed by atoms with Gasteiger partial charge in [-0.25, -0.2) is 4.79 Å². The third-order valence-corrected chi connectivity index (χ3v) is 3.12. The lowest BCUT2D eigenvalue weighted by Gasteiger charge is -2.13. The molecule has 19 heavy (non-hydrogen) atoms. The Balaban J connectivity index is 2.05. The molecule has 1 aliphatic rings. The predicted octanol–water partition coefficient (Wildman–Crippen LogP) is 1.13. The Morgan fingerprint density at radius 3 is 2.79 bits per heavy atom. The number of carbonyl (C=O) groups is 2. The van der Waals surface area contributed by atoms with Crippen molar-refractivity contribution in [3.63, 3.8) is 0 Å². The molecule has 0 aliphatic heterocycles. The van der Waals surface area contributed by atoms with Gasteiger partial charge in [-0.3, -0.25) is 4.79 Å². The Kier molecular flexibility index (Phi) is 6.95. The van der Waals surface area contributed by atoms with Crippen molar-refractivity contribution in [2.24, 2.45) is 5.92 Å². The predicted molar refractivity (Wildman–Crippen MR) is 70.9 cm³/mol.